The number of rotatable bonds is 6. The number of hydrogen-bond donors (Lipinski definition) is 0. The van der Waals surface area contributed by atoms with Gasteiger partial charge in [0.2, 0.25) is 0 Å². The van der Waals surface area contributed by atoms with Crippen LogP contribution in [0.2, 0.25) is 0 Å². The van der Waals surface area contributed by atoms with E-state index in [9.17, 15) is 0 Å². The SMILES string of the molecule is CCCCCCc1cc2ccccc2c(-c2ccc(C)cc2)n1. The molecule has 2 aromatic carbocycles. The molecule has 0 unspecified atom stereocenters. The van der Waals surface area contributed by atoms with E-state index in [0.717, 1.165) is 12.1 Å². The lowest BCUT2D eigenvalue weighted by molar-refractivity contribution is 0.661. The standard InChI is InChI=1S/C22H25N/c1-3-4-5-6-10-20-16-19-9-7-8-11-21(19)22(23-20)18-14-12-17(2)13-15-18/h7-9,11-16H,3-6,10H2,1-2H3. The first-order valence-electron chi connectivity index (χ1n) is 8.73. The van der Waals surface area contributed by atoms with Crippen LogP contribution in [0.1, 0.15) is 43.9 Å². The van der Waals surface area contributed by atoms with Crippen LogP contribution < -0.4 is 0 Å². The summed E-state index contributed by atoms with van der Waals surface area (Å²) in [7, 11) is 0. The fourth-order valence-corrected chi connectivity index (χ4v) is 3.05. The number of pyridine rings is 1. The molecule has 1 heterocycles. The van der Waals surface area contributed by atoms with Gasteiger partial charge in [-0.25, -0.2) is 0 Å². The molecule has 0 aliphatic heterocycles. The van der Waals surface area contributed by atoms with Gasteiger partial charge in [-0.05, 0) is 31.2 Å². The maximum atomic E-state index is 5.00. The molecule has 0 radical (unpaired) electrons. The smallest absolute Gasteiger partial charge is 0.0783 e. The Kier molecular flexibility index (Phi) is 5.07. The monoisotopic (exact) mass is 303 g/mol. The molecule has 0 amide bonds. The fourth-order valence-electron chi connectivity index (χ4n) is 3.05. The van der Waals surface area contributed by atoms with Crippen molar-refractivity contribution in [3.63, 3.8) is 0 Å². The molecule has 23 heavy (non-hydrogen) atoms. The van der Waals surface area contributed by atoms with Gasteiger partial charge in [0.15, 0.2) is 0 Å². The van der Waals surface area contributed by atoms with E-state index in [1.807, 2.05) is 0 Å². The number of hydrogen-bond acceptors (Lipinski definition) is 1. The molecule has 0 saturated heterocycles. The minimum atomic E-state index is 1.07. The highest BCUT2D eigenvalue weighted by molar-refractivity contribution is 5.94. The Morgan fingerprint density at radius 3 is 2.43 bits per heavy atom. The highest BCUT2D eigenvalue weighted by Gasteiger charge is 2.08. The quantitative estimate of drug-likeness (QED) is 0.485. The van der Waals surface area contributed by atoms with Gasteiger partial charge >= 0.3 is 0 Å². The first kappa shape index (κ1) is 15.7. The third-order valence-electron chi connectivity index (χ3n) is 4.40. The van der Waals surface area contributed by atoms with Crippen molar-refractivity contribution in [3.05, 3.63) is 65.9 Å². The van der Waals surface area contributed by atoms with Crippen molar-refractivity contribution in [1.82, 2.24) is 4.98 Å². The minimum absolute atomic E-state index is 1.07. The van der Waals surface area contributed by atoms with Gasteiger partial charge in [0.1, 0.15) is 0 Å². The first-order chi connectivity index (χ1) is 11.3. The molecule has 1 aromatic heterocycles. The zero-order chi connectivity index (χ0) is 16.1. The van der Waals surface area contributed by atoms with E-state index in [0.29, 0.717) is 0 Å². The molecule has 0 aliphatic rings. The second-order valence-corrected chi connectivity index (χ2v) is 6.36. The molecule has 1 heteroatoms. The summed E-state index contributed by atoms with van der Waals surface area (Å²) in [5.74, 6) is 0. The summed E-state index contributed by atoms with van der Waals surface area (Å²) in [6.45, 7) is 4.38. The van der Waals surface area contributed by atoms with E-state index >= 15 is 0 Å². The topological polar surface area (TPSA) is 12.9 Å². The predicted molar refractivity (Wildman–Crippen MR) is 99.8 cm³/mol. The molecule has 0 bridgehead atoms. The molecule has 3 rings (SSSR count). The molecule has 118 valence electrons. The Labute approximate surface area is 139 Å². The van der Waals surface area contributed by atoms with Gasteiger partial charge in [-0.2, -0.15) is 0 Å². The molecule has 0 aliphatic carbocycles. The lowest BCUT2D eigenvalue weighted by Crippen LogP contribution is -1.95. The Morgan fingerprint density at radius 1 is 0.870 bits per heavy atom. The number of aryl methyl sites for hydroxylation is 2. The third kappa shape index (κ3) is 3.79. The van der Waals surface area contributed by atoms with Crippen LogP contribution in [0.5, 0.6) is 0 Å². The lowest BCUT2D eigenvalue weighted by Gasteiger charge is -2.10. The fraction of sp³-hybridized carbons (Fsp3) is 0.318. The number of nitrogens with zero attached hydrogens (tertiary/aromatic N) is 1. The van der Waals surface area contributed by atoms with E-state index in [1.165, 1.54) is 53.3 Å². The van der Waals surface area contributed by atoms with Gasteiger partial charge in [-0.3, -0.25) is 4.98 Å². The summed E-state index contributed by atoms with van der Waals surface area (Å²) >= 11 is 0. The summed E-state index contributed by atoms with van der Waals surface area (Å²) in [5.41, 5.74) is 4.83. The molecule has 3 aromatic rings. The number of fused-ring (bicyclic) bond motifs is 1. The normalized spacial score (nSPS) is 11.0. The molecule has 0 spiro atoms. The average molecular weight is 303 g/mol. The summed E-state index contributed by atoms with van der Waals surface area (Å²) in [4.78, 5) is 5.00. The van der Waals surface area contributed by atoms with Crippen molar-refractivity contribution in [2.24, 2.45) is 0 Å². The molecule has 1 nitrogen and oxygen atoms in total. The number of aromatic nitrogens is 1. The molecule has 0 N–H and O–H groups in total. The van der Waals surface area contributed by atoms with Crippen LogP contribution in [0.4, 0.5) is 0 Å². The van der Waals surface area contributed by atoms with Gasteiger partial charge in [0.25, 0.3) is 0 Å². The van der Waals surface area contributed by atoms with Crippen molar-refractivity contribution in [3.8, 4) is 11.3 Å². The van der Waals surface area contributed by atoms with E-state index in [2.05, 4.69) is 68.4 Å². The van der Waals surface area contributed by atoms with Crippen molar-refractivity contribution in [2.75, 3.05) is 0 Å². The van der Waals surface area contributed by atoms with Crippen LogP contribution in [-0.4, -0.2) is 4.98 Å². The third-order valence-corrected chi connectivity index (χ3v) is 4.40. The maximum Gasteiger partial charge on any atom is 0.0783 e. The highest BCUT2D eigenvalue weighted by Crippen LogP contribution is 2.28. The molecule has 0 fully saturated rings. The van der Waals surface area contributed by atoms with Crippen molar-refractivity contribution < 1.29 is 0 Å². The van der Waals surface area contributed by atoms with E-state index in [4.69, 9.17) is 4.98 Å². The van der Waals surface area contributed by atoms with Crippen molar-refractivity contribution in [1.29, 1.82) is 0 Å². The minimum Gasteiger partial charge on any atom is -0.252 e. The van der Waals surface area contributed by atoms with Gasteiger partial charge in [0, 0.05) is 16.6 Å². The van der Waals surface area contributed by atoms with Crippen LogP contribution in [0.15, 0.2) is 54.6 Å². The van der Waals surface area contributed by atoms with E-state index < -0.39 is 0 Å². The zero-order valence-electron chi connectivity index (χ0n) is 14.2. The average Bonchev–Trinajstić information content (AvgIpc) is 2.59. The van der Waals surface area contributed by atoms with Gasteiger partial charge in [-0.1, -0.05) is 80.3 Å². The number of benzene rings is 2. The second kappa shape index (κ2) is 7.41. The van der Waals surface area contributed by atoms with Gasteiger partial charge < -0.3 is 0 Å². The van der Waals surface area contributed by atoms with Crippen LogP contribution in [-0.2, 0) is 6.42 Å². The molecule has 0 atom stereocenters. The number of unbranched alkanes of at least 4 members (excludes halogenated alkanes) is 3. The van der Waals surface area contributed by atoms with E-state index in [-0.39, 0.29) is 0 Å². The second-order valence-electron chi connectivity index (χ2n) is 6.36. The Bertz CT molecular complexity index is 772. The highest BCUT2D eigenvalue weighted by atomic mass is 14.7. The van der Waals surface area contributed by atoms with Crippen LogP contribution in [0.25, 0.3) is 22.0 Å². The Hall–Kier alpha value is -2.15. The maximum absolute atomic E-state index is 5.00. The van der Waals surface area contributed by atoms with Crippen molar-refractivity contribution in [2.45, 2.75) is 46.0 Å². The van der Waals surface area contributed by atoms with Crippen LogP contribution in [0, 0.1) is 6.92 Å². The first-order valence-corrected chi connectivity index (χ1v) is 8.73. The Morgan fingerprint density at radius 2 is 1.65 bits per heavy atom. The molecular weight excluding hydrogens is 278 g/mol. The molecular formula is C22H25N. The lowest BCUT2D eigenvalue weighted by atomic mass is 10.0. The van der Waals surface area contributed by atoms with Crippen LogP contribution in [0.3, 0.4) is 0 Å². The molecule has 0 saturated carbocycles. The van der Waals surface area contributed by atoms with Crippen LogP contribution >= 0.6 is 0 Å². The van der Waals surface area contributed by atoms with E-state index in [1.54, 1.807) is 0 Å². The largest absolute Gasteiger partial charge is 0.252 e. The van der Waals surface area contributed by atoms with Gasteiger partial charge in [0.05, 0.1) is 5.69 Å². The summed E-state index contributed by atoms with van der Waals surface area (Å²) in [6.07, 6.45) is 6.19. The zero-order valence-corrected chi connectivity index (χ0v) is 14.2. The predicted octanol–water partition coefficient (Wildman–Crippen LogP) is 6.33. The van der Waals surface area contributed by atoms with Crippen molar-refractivity contribution >= 4 is 10.8 Å². The summed E-state index contributed by atoms with van der Waals surface area (Å²) in [6, 6.07) is 19.6. The summed E-state index contributed by atoms with van der Waals surface area (Å²) in [5, 5.41) is 2.54. The summed E-state index contributed by atoms with van der Waals surface area (Å²) < 4.78 is 0. The Balaban J connectivity index is 1.98. The van der Waals surface area contributed by atoms with Gasteiger partial charge in [-0.15, -0.1) is 0 Å².